The van der Waals surface area contributed by atoms with E-state index in [1.54, 1.807) is 0 Å². The minimum absolute atomic E-state index is 0.885. The van der Waals surface area contributed by atoms with Gasteiger partial charge in [-0.1, -0.05) is 39.0 Å². The summed E-state index contributed by atoms with van der Waals surface area (Å²) < 4.78 is 0. The van der Waals surface area contributed by atoms with Crippen LogP contribution in [0.2, 0.25) is 0 Å². The van der Waals surface area contributed by atoms with E-state index >= 15 is 0 Å². The summed E-state index contributed by atoms with van der Waals surface area (Å²) in [6.45, 7) is 7.34. The van der Waals surface area contributed by atoms with Crippen molar-refractivity contribution >= 4 is 0 Å². The summed E-state index contributed by atoms with van der Waals surface area (Å²) in [5, 5.41) is 0. The number of hydrogen-bond donors (Lipinski definition) is 0. The van der Waals surface area contributed by atoms with Crippen molar-refractivity contribution in [1.82, 2.24) is 4.90 Å². The van der Waals surface area contributed by atoms with E-state index in [1.165, 1.54) is 58.0 Å². The molecule has 13 heavy (non-hydrogen) atoms. The standard InChI is InChI=1S/C12H25N/c1-3-4-5-6-7-8-10-13-11-9-12(13)2/h12H,3-11H2,1-2H3/t12-/m0/s1. The summed E-state index contributed by atoms with van der Waals surface area (Å²) >= 11 is 0. The monoisotopic (exact) mass is 183 g/mol. The van der Waals surface area contributed by atoms with Crippen LogP contribution in [0.5, 0.6) is 0 Å². The molecule has 1 heteroatoms. The van der Waals surface area contributed by atoms with Crippen LogP contribution in [0.25, 0.3) is 0 Å². The van der Waals surface area contributed by atoms with Crippen LogP contribution in [0.15, 0.2) is 0 Å². The molecule has 1 heterocycles. The normalized spacial score (nSPS) is 23.1. The fraction of sp³-hybridized carbons (Fsp3) is 1.00. The molecule has 1 aliphatic heterocycles. The molecule has 0 unspecified atom stereocenters. The molecule has 0 aromatic carbocycles. The average molecular weight is 183 g/mol. The average Bonchev–Trinajstić information content (AvgIpc) is 2.14. The minimum Gasteiger partial charge on any atom is -0.301 e. The van der Waals surface area contributed by atoms with Gasteiger partial charge in [-0.05, 0) is 32.9 Å². The van der Waals surface area contributed by atoms with Crippen LogP contribution < -0.4 is 0 Å². The van der Waals surface area contributed by atoms with Gasteiger partial charge < -0.3 is 4.90 Å². The van der Waals surface area contributed by atoms with E-state index < -0.39 is 0 Å². The van der Waals surface area contributed by atoms with Crippen molar-refractivity contribution in [3.05, 3.63) is 0 Å². The first-order valence-electron chi connectivity index (χ1n) is 6.08. The number of hydrogen-bond acceptors (Lipinski definition) is 1. The molecule has 1 aliphatic rings. The summed E-state index contributed by atoms with van der Waals surface area (Å²) in [4.78, 5) is 2.61. The van der Waals surface area contributed by atoms with Crippen LogP contribution >= 0.6 is 0 Å². The Labute approximate surface area is 83.5 Å². The van der Waals surface area contributed by atoms with Gasteiger partial charge in [0.25, 0.3) is 0 Å². The van der Waals surface area contributed by atoms with Crippen LogP contribution in [0.4, 0.5) is 0 Å². The zero-order chi connectivity index (χ0) is 9.52. The Hall–Kier alpha value is -0.0400. The third kappa shape index (κ3) is 4.12. The molecular weight excluding hydrogens is 158 g/mol. The molecular formula is C12H25N. The van der Waals surface area contributed by atoms with Gasteiger partial charge in [0, 0.05) is 6.04 Å². The fourth-order valence-corrected chi connectivity index (χ4v) is 2.00. The maximum absolute atomic E-state index is 2.61. The van der Waals surface area contributed by atoms with Crippen LogP contribution in [0.3, 0.4) is 0 Å². The van der Waals surface area contributed by atoms with Crippen LogP contribution in [0, 0.1) is 0 Å². The Morgan fingerprint density at radius 1 is 1.08 bits per heavy atom. The maximum Gasteiger partial charge on any atom is 0.00791 e. The van der Waals surface area contributed by atoms with Crippen molar-refractivity contribution in [3.63, 3.8) is 0 Å². The molecule has 1 atom stereocenters. The molecule has 78 valence electrons. The lowest BCUT2D eigenvalue weighted by Crippen LogP contribution is -2.45. The van der Waals surface area contributed by atoms with Gasteiger partial charge >= 0.3 is 0 Å². The molecule has 1 saturated heterocycles. The van der Waals surface area contributed by atoms with Crippen molar-refractivity contribution in [2.75, 3.05) is 13.1 Å². The molecule has 1 fully saturated rings. The van der Waals surface area contributed by atoms with Crippen molar-refractivity contribution in [2.45, 2.75) is 64.8 Å². The Balaban J connectivity index is 1.79. The van der Waals surface area contributed by atoms with E-state index in [-0.39, 0.29) is 0 Å². The predicted molar refractivity (Wildman–Crippen MR) is 59.0 cm³/mol. The molecule has 0 aromatic heterocycles. The second-order valence-electron chi connectivity index (χ2n) is 4.44. The number of likely N-dealkylation sites (tertiary alicyclic amines) is 1. The fourth-order valence-electron chi connectivity index (χ4n) is 2.00. The van der Waals surface area contributed by atoms with E-state index in [0.717, 1.165) is 6.04 Å². The largest absolute Gasteiger partial charge is 0.301 e. The molecule has 1 nitrogen and oxygen atoms in total. The Morgan fingerprint density at radius 3 is 2.31 bits per heavy atom. The Morgan fingerprint density at radius 2 is 1.77 bits per heavy atom. The van der Waals surface area contributed by atoms with Gasteiger partial charge in [0.2, 0.25) is 0 Å². The van der Waals surface area contributed by atoms with Gasteiger partial charge in [-0.25, -0.2) is 0 Å². The molecule has 0 bridgehead atoms. The van der Waals surface area contributed by atoms with Crippen molar-refractivity contribution in [1.29, 1.82) is 0 Å². The zero-order valence-electron chi connectivity index (χ0n) is 9.39. The minimum atomic E-state index is 0.885. The summed E-state index contributed by atoms with van der Waals surface area (Å²) in [5.41, 5.74) is 0. The van der Waals surface area contributed by atoms with Gasteiger partial charge in [-0.15, -0.1) is 0 Å². The van der Waals surface area contributed by atoms with Crippen molar-refractivity contribution in [2.24, 2.45) is 0 Å². The Kier molecular flexibility index (Phi) is 5.45. The highest BCUT2D eigenvalue weighted by Gasteiger charge is 2.21. The third-order valence-corrected chi connectivity index (χ3v) is 3.26. The molecule has 1 rings (SSSR count). The first-order valence-corrected chi connectivity index (χ1v) is 6.08. The summed E-state index contributed by atoms with van der Waals surface area (Å²) in [5.74, 6) is 0. The highest BCUT2D eigenvalue weighted by Crippen LogP contribution is 2.17. The smallest absolute Gasteiger partial charge is 0.00791 e. The lowest BCUT2D eigenvalue weighted by molar-refractivity contribution is 0.102. The van der Waals surface area contributed by atoms with Gasteiger partial charge in [-0.3, -0.25) is 0 Å². The van der Waals surface area contributed by atoms with Crippen molar-refractivity contribution < 1.29 is 0 Å². The Bertz CT molecular complexity index is 122. The van der Waals surface area contributed by atoms with E-state index in [1.807, 2.05) is 0 Å². The molecule has 0 aromatic rings. The van der Waals surface area contributed by atoms with Gasteiger partial charge in [0.05, 0.1) is 0 Å². The number of rotatable bonds is 7. The summed E-state index contributed by atoms with van der Waals surface area (Å²) in [7, 11) is 0. The van der Waals surface area contributed by atoms with E-state index in [9.17, 15) is 0 Å². The quantitative estimate of drug-likeness (QED) is 0.546. The molecule has 0 saturated carbocycles. The topological polar surface area (TPSA) is 3.24 Å². The number of unbranched alkanes of at least 4 members (excludes halogenated alkanes) is 5. The number of nitrogens with zero attached hydrogens (tertiary/aromatic N) is 1. The summed E-state index contributed by atoms with van der Waals surface area (Å²) in [6, 6.07) is 0.885. The van der Waals surface area contributed by atoms with E-state index in [0.29, 0.717) is 0 Å². The van der Waals surface area contributed by atoms with Crippen LogP contribution in [-0.2, 0) is 0 Å². The highest BCUT2D eigenvalue weighted by atomic mass is 15.2. The van der Waals surface area contributed by atoms with Gasteiger partial charge in [0.15, 0.2) is 0 Å². The van der Waals surface area contributed by atoms with Crippen LogP contribution in [-0.4, -0.2) is 24.0 Å². The van der Waals surface area contributed by atoms with Crippen LogP contribution in [0.1, 0.15) is 58.8 Å². The van der Waals surface area contributed by atoms with E-state index in [4.69, 9.17) is 0 Å². The highest BCUT2D eigenvalue weighted by molar-refractivity contribution is 4.77. The molecule has 0 radical (unpaired) electrons. The summed E-state index contributed by atoms with van der Waals surface area (Å²) in [6.07, 6.45) is 10.00. The van der Waals surface area contributed by atoms with Gasteiger partial charge in [0.1, 0.15) is 0 Å². The molecule has 0 aliphatic carbocycles. The SMILES string of the molecule is CCCCCCCCN1CC[C@@H]1C. The molecule has 0 N–H and O–H groups in total. The van der Waals surface area contributed by atoms with E-state index in [2.05, 4.69) is 18.7 Å². The van der Waals surface area contributed by atoms with Gasteiger partial charge in [-0.2, -0.15) is 0 Å². The third-order valence-electron chi connectivity index (χ3n) is 3.26. The molecule has 0 spiro atoms. The zero-order valence-corrected chi connectivity index (χ0v) is 9.39. The van der Waals surface area contributed by atoms with Crippen molar-refractivity contribution in [3.8, 4) is 0 Å². The first-order chi connectivity index (χ1) is 6.34. The second kappa shape index (κ2) is 6.42. The first kappa shape index (κ1) is 11.0. The predicted octanol–water partition coefficient (Wildman–Crippen LogP) is 3.44. The lowest BCUT2D eigenvalue weighted by atomic mass is 10.0. The lowest BCUT2D eigenvalue weighted by Gasteiger charge is -2.38. The second-order valence-corrected chi connectivity index (χ2v) is 4.44. The molecule has 0 amide bonds. The maximum atomic E-state index is 2.61.